The van der Waals surface area contributed by atoms with Crippen molar-refractivity contribution >= 4 is 21.1 Å². The molecule has 0 spiro atoms. The summed E-state index contributed by atoms with van der Waals surface area (Å²) >= 11 is 0. The van der Waals surface area contributed by atoms with Gasteiger partial charge in [-0.3, -0.25) is 4.18 Å². The predicted molar refractivity (Wildman–Crippen MR) is 111 cm³/mol. The average molecular weight is 423 g/mol. The van der Waals surface area contributed by atoms with Gasteiger partial charge in [0.15, 0.2) is 0 Å². The third kappa shape index (κ3) is 5.96. The van der Waals surface area contributed by atoms with Gasteiger partial charge in [-0.25, -0.2) is 0 Å². The predicted octanol–water partition coefficient (Wildman–Crippen LogP) is 4.63. The molecule has 2 aromatic rings. The van der Waals surface area contributed by atoms with E-state index in [1.165, 1.54) is 12.8 Å². The number of furan rings is 1. The van der Waals surface area contributed by atoms with Crippen LogP contribution in [0.15, 0.2) is 28.7 Å². The molecule has 0 bridgehead atoms. The molecule has 2 aliphatic carbocycles. The number of rotatable bonds is 9. The normalized spacial score (nSPS) is 23.9. The van der Waals surface area contributed by atoms with Gasteiger partial charge in [-0.1, -0.05) is 0 Å². The van der Waals surface area contributed by atoms with Gasteiger partial charge in [0.1, 0.15) is 17.1 Å². The summed E-state index contributed by atoms with van der Waals surface area (Å²) in [6.45, 7) is 2.80. The SMILES string of the molecule is CC(COC1CCC(c2cc3ccc(OCC4CC4)cc3o2)CC1)OS(C)(=O)=O. The lowest BCUT2D eigenvalue weighted by Gasteiger charge is -2.28. The molecule has 7 heteroatoms. The molecule has 0 saturated heterocycles. The van der Waals surface area contributed by atoms with Crippen molar-refractivity contribution in [1.82, 2.24) is 0 Å². The van der Waals surface area contributed by atoms with Gasteiger partial charge >= 0.3 is 0 Å². The van der Waals surface area contributed by atoms with E-state index in [9.17, 15) is 8.42 Å². The van der Waals surface area contributed by atoms with Gasteiger partial charge in [-0.15, -0.1) is 0 Å². The van der Waals surface area contributed by atoms with E-state index in [2.05, 4.69) is 12.1 Å². The van der Waals surface area contributed by atoms with E-state index in [1.807, 2.05) is 12.1 Å². The smallest absolute Gasteiger partial charge is 0.264 e. The maximum absolute atomic E-state index is 11.2. The van der Waals surface area contributed by atoms with Gasteiger partial charge in [0.05, 0.1) is 31.7 Å². The van der Waals surface area contributed by atoms with Crippen molar-refractivity contribution in [3.05, 3.63) is 30.0 Å². The first kappa shape index (κ1) is 20.7. The molecule has 0 N–H and O–H groups in total. The minimum absolute atomic E-state index is 0.142. The zero-order valence-electron chi connectivity index (χ0n) is 17.1. The molecule has 2 aliphatic rings. The van der Waals surface area contributed by atoms with E-state index in [4.69, 9.17) is 18.1 Å². The zero-order chi connectivity index (χ0) is 20.4. The lowest BCUT2D eigenvalue weighted by atomic mass is 9.86. The highest BCUT2D eigenvalue weighted by molar-refractivity contribution is 7.86. The van der Waals surface area contributed by atoms with Crippen LogP contribution in [0.1, 0.15) is 57.1 Å². The van der Waals surface area contributed by atoms with Gasteiger partial charge in [0.2, 0.25) is 0 Å². The first-order chi connectivity index (χ1) is 13.9. The molecule has 6 nitrogen and oxygen atoms in total. The van der Waals surface area contributed by atoms with Gasteiger partial charge in [0, 0.05) is 17.4 Å². The second kappa shape index (κ2) is 8.66. The fourth-order valence-electron chi connectivity index (χ4n) is 3.93. The van der Waals surface area contributed by atoms with Crippen LogP contribution in [-0.2, 0) is 19.0 Å². The first-order valence-corrected chi connectivity index (χ1v) is 12.3. The highest BCUT2D eigenvalue weighted by Crippen LogP contribution is 2.37. The first-order valence-electron chi connectivity index (χ1n) is 10.5. The van der Waals surface area contributed by atoms with Crippen molar-refractivity contribution in [2.45, 2.75) is 63.6 Å². The van der Waals surface area contributed by atoms with Gasteiger partial charge in [-0.2, -0.15) is 8.42 Å². The molecule has 160 valence electrons. The highest BCUT2D eigenvalue weighted by Gasteiger charge is 2.26. The van der Waals surface area contributed by atoms with Crippen molar-refractivity contribution in [3.63, 3.8) is 0 Å². The second-order valence-electron chi connectivity index (χ2n) is 8.52. The number of benzene rings is 1. The summed E-state index contributed by atoms with van der Waals surface area (Å²) in [6, 6.07) is 8.24. The van der Waals surface area contributed by atoms with Crippen molar-refractivity contribution in [1.29, 1.82) is 0 Å². The fraction of sp³-hybridized carbons (Fsp3) is 0.636. The Hall–Kier alpha value is -1.57. The van der Waals surface area contributed by atoms with E-state index < -0.39 is 16.2 Å². The van der Waals surface area contributed by atoms with E-state index in [0.29, 0.717) is 5.92 Å². The van der Waals surface area contributed by atoms with Gasteiger partial charge < -0.3 is 13.9 Å². The van der Waals surface area contributed by atoms with Gasteiger partial charge in [-0.05, 0) is 69.6 Å². The van der Waals surface area contributed by atoms with E-state index in [1.54, 1.807) is 6.92 Å². The monoisotopic (exact) mass is 422 g/mol. The average Bonchev–Trinajstić information content (AvgIpc) is 3.40. The van der Waals surface area contributed by atoms with Crippen molar-refractivity contribution in [3.8, 4) is 5.75 Å². The zero-order valence-corrected chi connectivity index (χ0v) is 17.9. The largest absolute Gasteiger partial charge is 0.493 e. The molecule has 1 atom stereocenters. The molecule has 2 fully saturated rings. The Kier molecular flexibility index (Phi) is 6.18. The minimum atomic E-state index is -3.44. The molecular weight excluding hydrogens is 392 g/mol. The molecule has 4 rings (SSSR count). The van der Waals surface area contributed by atoms with Crippen LogP contribution < -0.4 is 4.74 Å². The van der Waals surface area contributed by atoms with Crippen molar-refractivity contribution in [2.75, 3.05) is 19.5 Å². The summed E-state index contributed by atoms with van der Waals surface area (Å²) in [5.41, 5.74) is 0.887. The molecule has 29 heavy (non-hydrogen) atoms. The number of ether oxygens (including phenoxy) is 2. The molecule has 1 aromatic heterocycles. The van der Waals surface area contributed by atoms with Crippen LogP contribution in [0.5, 0.6) is 5.75 Å². The Labute approximate surface area is 172 Å². The molecular formula is C22H30O6S. The molecule has 2 saturated carbocycles. The topological polar surface area (TPSA) is 75.0 Å². The molecule has 0 amide bonds. The summed E-state index contributed by atoms with van der Waals surface area (Å²) in [4.78, 5) is 0. The Bertz CT molecular complexity index is 922. The summed E-state index contributed by atoms with van der Waals surface area (Å²) < 4.78 is 45.1. The lowest BCUT2D eigenvalue weighted by molar-refractivity contribution is -0.0123. The highest BCUT2D eigenvalue weighted by atomic mass is 32.2. The number of hydrogen-bond donors (Lipinski definition) is 0. The van der Waals surface area contributed by atoms with E-state index in [-0.39, 0.29) is 12.7 Å². The van der Waals surface area contributed by atoms with Crippen LogP contribution in [0, 0.1) is 5.92 Å². The van der Waals surface area contributed by atoms with Crippen LogP contribution in [0.4, 0.5) is 0 Å². The molecule has 1 heterocycles. The Morgan fingerprint density at radius 2 is 1.86 bits per heavy atom. The summed E-state index contributed by atoms with van der Waals surface area (Å²) in [7, 11) is -3.44. The number of fused-ring (bicyclic) bond motifs is 1. The fourth-order valence-corrected chi connectivity index (χ4v) is 4.59. The van der Waals surface area contributed by atoms with Crippen LogP contribution in [0.2, 0.25) is 0 Å². The Morgan fingerprint density at radius 1 is 1.10 bits per heavy atom. The Balaban J connectivity index is 1.28. The van der Waals surface area contributed by atoms with E-state index in [0.717, 1.165) is 66.9 Å². The standard InChI is InChI=1S/C22H30O6S/c1-15(28-29(2,23)24)13-25-19-8-5-17(6-9-19)21-11-18-7-10-20(12-22(18)27-21)26-14-16-3-4-16/h7,10-12,15-17,19H,3-6,8-9,13-14H2,1-2H3. The molecule has 0 radical (unpaired) electrons. The van der Waals surface area contributed by atoms with Crippen LogP contribution in [0.3, 0.4) is 0 Å². The van der Waals surface area contributed by atoms with Crippen LogP contribution in [-0.4, -0.2) is 40.1 Å². The Morgan fingerprint density at radius 3 is 2.55 bits per heavy atom. The quantitative estimate of drug-likeness (QED) is 0.549. The van der Waals surface area contributed by atoms with Crippen LogP contribution >= 0.6 is 0 Å². The minimum Gasteiger partial charge on any atom is -0.493 e. The molecule has 1 unspecified atom stereocenters. The third-order valence-corrected chi connectivity index (χ3v) is 6.35. The lowest BCUT2D eigenvalue weighted by Crippen LogP contribution is -2.26. The maximum Gasteiger partial charge on any atom is 0.264 e. The molecule has 1 aromatic carbocycles. The maximum atomic E-state index is 11.2. The molecule has 0 aliphatic heterocycles. The summed E-state index contributed by atoms with van der Waals surface area (Å²) in [5, 5.41) is 1.11. The van der Waals surface area contributed by atoms with Crippen molar-refractivity contribution < 1.29 is 26.5 Å². The van der Waals surface area contributed by atoms with Crippen LogP contribution in [0.25, 0.3) is 11.0 Å². The number of hydrogen-bond acceptors (Lipinski definition) is 6. The van der Waals surface area contributed by atoms with Crippen molar-refractivity contribution in [2.24, 2.45) is 5.92 Å². The van der Waals surface area contributed by atoms with E-state index >= 15 is 0 Å². The van der Waals surface area contributed by atoms with Gasteiger partial charge in [0.25, 0.3) is 10.1 Å². The summed E-state index contributed by atoms with van der Waals surface area (Å²) in [6.07, 6.45) is 7.16. The summed E-state index contributed by atoms with van der Waals surface area (Å²) in [5.74, 6) is 3.04. The second-order valence-corrected chi connectivity index (χ2v) is 10.1. The third-order valence-electron chi connectivity index (χ3n) is 5.68.